The van der Waals surface area contributed by atoms with Crippen LogP contribution in [-0.2, 0) is 16.6 Å². The SMILES string of the molecule is Cc1ccc(C(=O)O)cc1S(=O)(=O)NCc1cscn1. The summed E-state index contributed by atoms with van der Waals surface area (Å²) >= 11 is 1.37. The second-order valence-corrected chi connectivity index (χ2v) is 6.54. The summed E-state index contributed by atoms with van der Waals surface area (Å²) < 4.78 is 26.8. The Hall–Kier alpha value is -1.77. The van der Waals surface area contributed by atoms with Gasteiger partial charge < -0.3 is 5.11 Å². The third-order valence-electron chi connectivity index (χ3n) is 2.65. The van der Waals surface area contributed by atoms with Crippen LogP contribution in [0, 0.1) is 6.92 Å². The summed E-state index contributed by atoms with van der Waals surface area (Å²) in [4.78, 5) is 14.9. The molecule has 0 bridgehead atoms. The van der Waals surface area contributed by atoms with Crippen LogP contribution in [-0.4, -0.2) is 24.5 Å². The molecule has 106 valence electrons. The molecule has 0 atom stereocenters. The monoisotopic (exact) mass is 312 g/mol. The molecule has 2 rings (SSSR count). The molecule has 1 aromatic carbocycles. The van der Waals surface area contributed by atoms with E-state index in [2.05, 4.69) is 9.71 Å². The van der Waals surface area contributed by atoms with Crippen LogP contribution >= 0.6 is 11.3 Å². The highest BCUT2D eigenvalue weighted by molar-refractivity contribution is 7.89. The third-order valence-corrected chi connectivity index (χ3v) is 4.83. The molecule has 20 heavy (non-hydrogen) atoms. The number of aromatic nitrogens is 1. The number of aromatic carboxylic acids is 1. The lowest BCUT2D eigenvalue weighted by Gasteiger charge is -2.09. The molecule has 2 N–H and O–H groups in total. The predicted octanol–water partition coefficient (Wildman–Crippen LogP) is 1.63. The summed E-state index contributed by atoms with van der Waals surface area (Å²) in [5, 5.41) is 10.7. The molecular weight excluding hydrogens is 300 g/mol. The highest BCUT2D eigenvalue weighted by atomic mass is 32.2. The molecule has 6 nitrogen and oxygen atoms in total. The van der Waals surface area contributed by atoms with Crippen LogP contribution < -0.4 is 4.72 Å². The van der Waals surface area contributed by atoms with E-state index in [-0.39, 0.29) is 17.0 Å². The van der Waals surface area contributed by atoms with Gasteiger partial charge in [-0.1, -0.05) is 6.07 Å². The van der Waals surface area contributed by atoms with Gasteiger partial charge in [-0.15, -0.1) is 11.3 Å². The van der Waals surface area contributed by atoms with Gasteiger partial charge in [0.05, 0.1) is 28.2 Å². The van der Waals surface area contributed by atoms with Crippen molar-refractivity contribution in [2.24, 2.45) is 0 Å². The lowest BCUT2D eigenvalue weighted by molar-refractivity contribution is 0.0696. The quantitative estimate of drug-likeness (QED) is 0.874. The van der Waals surface area contributed by atoms with E-state index in [0.717, 1.165) is 6.07 Å². The number of carbonyl (C=O) groups is 1. The number of nitrogens with zero attached hydrogens (tertiary/aromatic N) is 1. The average Bonchev–Trinajstić information content (AvgIpc) is 2.89. The number of sulfonamides is 1. The molecule has 0 aliphatic carbocycles. The first kappa shape index (κ1) is 14.6. The Morgan fingerprint density at radius 3 is 2.80 bits per heavy atom. The number of aryl methyl sites for hydroxylation is 1. The Bertz CT molecular complexity index is 724. The molecule has 0 radical (unpaired) electrons. The minimum atomic E-state index is -3.77. The van der Waals surface area contributed by atoms with Gasteiger partial charge in [0.25, 0.3) is 0 Å². The molecule has 0 fully saturated rings. The molecule has 2 aromatic rings. The molecule has 8 heteroatoms. The normalized spacial score (nSPS) is 11.4. The highest BCUT2D eigenvalue weighted by Crippen LogP contribution is 2.17. The molecule has 1 heterocycles. The minimum absolute atomic E-state index is 0.0346. The fraction of sp³-hybridized carbons (Fsp3) is 0.167. The lowest BCUT2D eigenvalue weighted by Crippen LogP contribution is -2.24. The van der Waals surface area contributed by atoms with Crippen molar-refractivity contribution in [1.82, 2.24) is 9.71 Å². The van der Waals surface area contributed by atoms with Crippen LogP contribution in [0.15, 0.2) is 34.0 Å². The second kappa shape index (κ2) is 5.70. The number of thiazole rings is 1. The lowest BCUT2D eigenvalue weighted by atomic mass is 10.1. The van der Waals surface area contributed by atoms with Crippen molar-refractivity contribution in [3.05, 3.63) is 45.9 Å². The maximum absolute atomic E-state index is 12.2. The van der Waals surface area contributed by atoms with Crippen LogP contribution in [0.25, 0.3) is 0 Å². The zero-order valence-electron chi connectivity index (χ0n) is 10.5. The van der Waals surface area contributed by atoms with E-state index < -0.39 is 16.0 Å². The number of nitrogens with one attached hydrogen (secondary N) is 1. The van der Waals surface area contributed by atoms with Crippen LogP contribution in [0.4, 0.5) is 0 Å². The van der Waals surface area contributed by atoms with Gasteiger partial charge in [0.2, 0.25) is 10.0 Å². The first-order chi connectivity index (χ1) is 9.40. The van der Waals surface area contributed by atoms with Crippen LogP contribution in [0.5, 0.6) is 0 Å². The molecular formula is C12H12N2O4S2. The van der Waals surface area contributed by atoms with Crippen LogP contribution in [0.1, 0.15) is 21.6 Å². The topological polar surface area (TPSA) is 96.4 Å². The predicted molar refractivity (Wildman–Crippen MR) is 74.3 cm³/mol. The van der Waals surface area contributed by atoms with Crippen molar-refractivity contribution < 1.29 is 18.3 Å². The number of hydrogen-bond donors (Lipinski definition) is 2. The van der Waals surface area contributed by atoms with Gasteiger partial charge in [0.15, 0.2) is 0 Å². The smallest absolute Gasteiger partial charge is 0.335 e. The van der Waals surface area contributed by atoms with E-state index >= 15 is 0 Å². The van der Waals surface area contributed by atoms with E-state index in [9.17, 15) is 13.2 Å². The van der Waals surface area contributed by atoms with Gasteiger partial charge in [0.1, 0.15) is 0 Å². The fourth-order valence-corrected chi connectivity index (χ4v) is 3.42. The molecule has 0 unspecified atom stereocenters. The number of hydrogen-bond acceptors (Lipinski definition) is 5. The number of carboxylic acid groups (broad SMARTS) is 1. The summed E-state index contributed by atoms with van der Waals surface area (Å²) in [6.45, 7) is 1.69. The number of carboxylic acids is 1. The average molecular weight is 312 g/mol. The second-order valence-electron chi connectivity index (χ2n) is 4.09. The van der Waals surface area contributed by atoms with Crippen molar-refractivity contribution >= 4 is 27.3 Å². The summed E-state index contributed by atoms with van der Waals surface area (Å²) in [6.07, 6.45) is 0. The highest BCUT2D eigenvalue weighted by Gasteiger charge is 2.19. The molecule has 0 aliphatic rings. The largest absolute Gasteiger partial charge is 0.478 e. The maximum atomic E-state index is 12.2. The summed E-state index contributed by atoms with van der Waals surface area (Å²) in [5.41, 5.74) is 2.65. The summed E-state index contributed by atoms with van der Waals surface area (Å²) in [7, 11) is -3.77. The van der Waals surface area contributed by atoms with E-state index in [1.54, 1.807) is 17.8 Å². The third kappa shape index (κ3) is 3.21. The Morgan fingerprint density at radius 2 is 2.20 bits per heavy atom. The Kier molecular flexibility index (Phi) is 4.17. The molecule has 0 spiro atoms. The van der Waals surface area contributed by atoms with Gasteiger partial charge in [-0.2, -0.15) is 0 Å². The maximum Gasteiger partial charge on any atom is 0.335 e. The van der Waals surface area contributed by atoms with E-state index in [0.29, 0.717) is 11.3 Å². The minimum Gasteiger partial charge on any atom is -0.478 e. The van der Waals surface area contributed by atoms with E-state index in [1.807, 2.05) is 0 Å². The van der Waals surface area contributed by atoms with Crippen LogP contribution in [0.2, 0.25) is 0 Å². The van der Waals surface area contributed by atoms with Crippen molar-refractivity contribution in [3.63, 3.8) is 0 Å². The van der Waals surface area contributed by atoms with Crippen molar-refractivity contribution in [2.45, 2.75) is 18.4 Å². The first-order valence-corrected chi connectivity index (χ1v) is 8.03. The Balaban J connectivity index is 2.28. The Labute approximate surface area is 120 Å². The van der Waals surface area contributed by atoms with Gasteiger partial charge in [-0.3, -0.25) is 0 Å². The zero-order chi connectivity index (χ0) is 14.8. The fourth-order valence-electron chi connectivity index (χ4n) is 1.59. The van der Waals surface area contributed by atoms with Crippen LogP contribution in [0.3, 0.4) is 0 Å². The van der Waals surface area contributed by atoms with E-state index in [1.165, 1.54) is 23.5 Å². The van der Waals surface area contributed by atoms with Gasteiger partial charge >= 0.3 is 5.97 Å². The van der Waals surface area contributed by atoms with Crippen molar-refractivity contribution in [2.75, 3.05) is 0 Å². The Morgan fingerprint density at radius 1 is 1.45 bits per heavy atom. The molecule has 0 saturated heterocycles. The van der Waals surface area contributed by atoms with E-state index in [4.69, 9.17) is 5.11 Å². The summed E-state index contributed by atoms with van der Waals surface area (Å²) in [6, 6.07) is 4.00. The number of rotatable bonds is 5. The zero-order valence-corrected chi connectivity index (χ0v) is 12.2. The standard InChI is InChI=1S/C12H12N2O4S2/c1-8-2-3-9(12(15)16)4-11(8)20(17,18)14-5-10-6-19-7-13-10/h2-4,6-7,14H,5H2,1H3,(H,15,16). The van der Waals surface area contributed by atoms with Crippen molar-refractivity contribution in [1.29, 1.82) is 0 Å². The number of benzene rings is 1. The van der Waals surface area contributed by atoms with Gasteiger partial charge in [-0.05, 0) is 24.6 Å². The van der Waals surface area contributed by atoms with Gasteiger partial charge in [-0.25, -0.2) is 22.9 Å². The first-order valence-electron chi connectivity index (χ1n) is 5.61. The molecule has 0 amide bonds. The summed E-state index contributed by atoms with van der Waals surface area (Å²) in [5.74, 6) is -1.17. The molecule has 0 aliphatic heterocycles. The molecule has 1 aromatic heterocycles. The van der Waals surface area contributed by atoms with Crippen molar-refractivity contribution in [3.8, 4) is 0 Å². The van der Waals surface area contributed by atoms with Gasteiger partial charge in [0, 0.05) is 5.38 Å². The molecule has 0 saturated carbocycles.